The van der Waals surface area contributed by atoms with E-state index >= 15 is 0 Å². The summed E-state index contributed by atoms with van der Waals surface area (Å²) in [6.07, 6.45) is 0.360. The van der Waals surface area contributed by atoms with E-state index in [1.54, 1.807) is 4.90 Å². The number of carbonyl (C=O) groups excluding carboxylic acids is 2. The number of aryl methyl sites for hydroxylation is 2. The van der Waals surface area contributed by atoms with E-state index in [1.165, 1.54) is 0 Å². The maximum atomic E-state index is 11.9. The highest BCUT2D eigenvalue weighted by atomic mass is 16.2. The molecule has 1 aromatic carbocycles. The number of nitrogens with zero attached hydrogens (tertiary/aromatic N) is 1. The minimum absolute atomic E-state index is 0.0513. The fourth-order valence-electron chi connectivity index (χ4n) is 1.96. The first-order valence-electron chi connectivity index (χ1n) is 5.72. The molecular weight excluding hydrogens is 216 g/mol. The lowest BCUT2D eigenvalue weighted by atomic mass is 10.1. The minimum atomic E-state index is -0.0637. The first-order valence-corrected chi connectivity index (χ1v) is 5.72. The van der Waals surface area contributed by atoms with E-state index in [1.807, 2.05) is 32.0 Å². The van der Waals surface area contributed by atoms with Crippen molar-refractivity contribution in [2.45, 2.75) is 20.3 Å². The average Bonchev–Trinajstić information content (AvgIpc) is 2.46. The molecule has 0 radical (unpaired) electrons. The molecule has 1 saturated heterocycles. The molecule has 1 fully saturated rings. The second-order valence-corrected chi connectivity index (χ2v) is 4.36. The topological polar surface area (TPSA) is 49.4 Å². The van der Waals surface area contributed by atoms with Crippen molar-refractivity contribution in [1.82, 2.24) is 5.32 Å². The van der Waals surface area contributed by atoms with Crippen LogP contribution in [0.15, 0.2) is 18.2 Å². The summed E-state index contributed by atoms with van der Waals surface area (Å²) < 4.78 is 0. The van der Waals surface area contributed by atoms with Crippen LogP contribution in [-0.2, 0) is 9.59 Å². The van der Waals surface area contributed by atoms with Crippen LogP contribution in [0.1, 0.15) is 17.5 Å². The SMILES string of the molecule is Cc1ccc(C)c(N2CCC(=O)NCC2=O)c1. The van der Waals surface area contributed by atoms with E-state index in [2.05, 4.69) is 5.32 Å². The normalized spacial score (nSPS) is 16.7. The van der Waals surface area contributed by atoms with Gasteiger partial charge in [-0.2, -0.15) is 0 Å². The van der Waals surface area contributed by atoms with Gasteiger partial charge < -0.3 is 10.2 Å². The maximum Gasteiger partial charge on any atom is 0.246 e. The van der Waals surface area contributed by atoms with E-state index in [0.717, 1.165) is 16.8 Å². The zero-order chi connectivity index (χ0) is 12.4. The van der Waals surface area contributed by atoms with Crippen LogP contribution in [0.2, 0.25) is 0 Å². The predicted octanol–water partition coefficient (Wildman–Crippen LogP) is 1.16. The zero-order valence-corrected chi connectivity index (χ0v) is 10.1. The molecule has 4 nitrogen and oxygen atoms in total. The van der Waals surface area contributed by atoms with E-state index in [4.69, 9.17) is 0 Å². The zero-order valence-electron chi connectivity index (χ0n) is 10.1. The third-order valence-electron chi connectivity index (χ3n) is 2.96. The molecule has 4 heteroatoms. The number of hydrogen-bond donors (Lipinski definition) is 1. The average molecular weight is 232 g/mol. The third kappa shape index (κ3) is 2.46. The molecule has 1 aliphatic rings. The van der Waals surface area contributed by atoms with Gasteiger partial charge in [-0.25, -0.2) is 0 Å². The number of amides is 2. The molecule has 0 spiro atoms. The van der Waals surface area contributed by atoms with Gasteiger partial charge in [-0.1, -0.05) is 12.1 Å². The molecule has 1 aliphatic heterocycles. The Bertz CT molecular complexity index is 468. The fraction of sp³-hybridized carbons (Fsp3) is 0.385. The van der Waals surface area contributed by atoms with Crippen LogP contribution < -0.4 is 10.2 Å². The smallest absolute Gasteiger partial charge is 0.246 e. The summed E-state index contributed by atoms with van der Waals surface area (Å²) in [5, 5.41) is 2.60. The highest BCUT2D eigenvalue weighted by molar-refractivity contribution is 5.99. The molecule has 0 unspecified atom stereocenters. The first-order chi connectivity index (χ1) is 8.08. The Balaban J connectivity index is 2.34. The van der Waals surface area contributed by atoms with Crippen LogP contribution in [0.4, 0.5) is 5.69 Å². The lowest BCUT2D eigenvalue weighted by Gasteiger charge is -2.22. The number of rotatable bonds is 1. The van der Waals surface area contributed by atoms with Gasteiger partial charge in [0, 0.05) is 18.7 Å². The molecule has 0 bridgehead atoms. The molecule has 0 atom stereocenters. The Hall–Kier alpha value is -1.84. The Morgan fingerprint density at radius 2 is 2.00 bits per heavy atom. The van der Waals surface area contributed by atoms with Crippen LogP contribution >= 0.6 is 0 Å². The second-order valence-electron chi connectivity index (χ2n) is 4.36. The molecular formula is C13H16N2O2. The van der Waals surface area contributed by atoms with Gasteiger partial charge in [0.2, 0.25) is 11.8 Å². The lowest BCUT2D eigenvalue weighted by Crippen LogP contribution is -2.35. The molecule has 0 saturated carbocycles. The van der Waals surface area contributed by atoms with E-state index in [9.17, 15) is 9.59 Å². The molecule has 1 heterocycles. The fourth-order valence-corrected chi connectivity index (χ4v) is 1.96. The van der Waals surface area contributed by atoms with Gasteiger partial charge >= 0.3 is 0 Å². The van der Waals surface area contributed by atoms with Gasteiger partial charge in [-0.05, 0) is 31.0 Å². The van der Waals surface area contributed by atoms with Gasteiger partial charge in [0.1, 0.15) is 0 Å². The lowest BCUT2D eigenvalue weighted by molar-refractivity contribution is -0.123. The van der Waals surface area contributed by atoms with Crippen molar-refractivity contribution < 1.29 is 9.59 Å². The Kier molecular flexibility index (Phi) is 3.13. The molecule has 2 amide bonds. The summed E-state index contributed by atoms with van der Waals surface area (Å²) in [5.74, 6) is -0.115. The van der Waals surface area contributed by atoms with Crippen LogP contribution in [0.25, 0.3) is 0 Å². The van der Waals surface area contributed by atoms with Crippen molar-refractivity contribution in [2.75, 3.05) is 18.0 Å². The molecule has 1 aromatic rings. The molecule has 17 heavy (non-hydrogen) atoms. The summed E-state index contributed by atoms with van der Waals surface area (Å²) >= 11 is 0. The van der Waals surface area contributed by atoms with Crippen LogP contribution in [0.5, 0.6) is 0 Å². The van der Waals surface area contributed by atoms with Crippen molar-refractivity contribution in [3.05, 3.63) is 29.3 Å². The largest absolute Gasteiger partial charge is 0.347 e. The maximum absolute atomic E-state index is 11.9. The summed E-state index contributed by atoms with van der Waals surface area (Å²) in [6.45, 7) is 4.51. The van der Waals surface area contributed by atoms with Crippen molar-refractivity contribution in [3.8, 4) is 0 Å². The summed E-state index contributed by atoms with van der Waals surface area (Å²) in [6, 6.07) is 6.01. The second kappa shape index (κ2) is 4.57. The van der Waals surface area contributed by atoms with Gasteiger partial charge in [0.05, 0.1) is 6.54 Å². The minimum Gasteiger partial charge on any atom is -0.347 e. The Labute approximate surface area is 101 Å². The van der Waals surface area contributed by atoms with E-state index < -0.39 is 0 Å². The summed E-state index contributed by atoms with van der Waals surface area (Å²) in [7, 11) is 0. The number of nitrogens with one attached hydrogen (secondary N) is 1. The van der Waals surface area contributed by atoms with Crippen LogP contribution in [-0.4, -0.2) is 24.9 Å². The van der Waals surface area contributed by atoms with Crippen molar-refractivity contribution in [2.24, 2.45) is 0 Å². The first kappa shape index (κ1) is 11.6. The predicted molar refractivity (Wildman–Crippen MR) is 65.9 cm³/mol. The number of hydrogen-bond acceptors (Lipinski definition) is 2. The van der Waals surface area contributed by atoms with Gasteiger partial charge in [0.15, 0.2) is 0 Å². The third-order valence-corrected chi connectivity index (χ3v) is 2.96. The monoisotopic (exact) mass is 232 g/mol. The molecule has 0 aromatic heterocycles. The quantitative estimate of drug-likeness (QED) is 0.789. The van der Waals surface area contributed by atoms with Crippen LogP contribution in [0.3, 0.4) is 0 Å². The van der Waals surface area contributed by atoms with Gasteiger partial charge in [0.25, 0.3) is 0 Å². The van der Waals surface area contributed by atoms with Gasteiger partial charge in [-0.3, -0.25) is 9.59 Å². The molecule has 90 valence electrons. The molecule has 2 rings (SSSR count). The standard InChI is InChI=1S/C13H16N2O2/c1-9-3-4-10(2)11(7-9)15-6-5-12(16)14-8-13(15)17/h3-4,7H,5-6,8H2,1-2H3,(H,14,16). The summed E-state index contributed by atoms with van der Waals surface area (Å²) in [4.78, 5) is 24.9. The molecule has 0 aliphatic carbocycles. The number of carbonyl (C=O) groups is 2. The number of benzene rings is 1. The highest BCUT2D eigenvalue weighted by Crippen LogP contribution is 2.22. The highest BCUT2D eigenvalue weighted by Gasteiger charge is 2.22. The van der Waals surface area contributed by atoms with E-state index in [-0.39, 0.29) is 18.4 Å². The molecule has 1 N–H and O–H groups in total. The van der Waals surface area contributed by atoms with E-state index in [0.29, 0.717) is 13.0 Å². The van der Waals surface area contributed by atoms with Crippen LogP contribution in [0, 0.1) is 13.8 Å². The van der Waals surface area contributed by atoms with Gasteiger partial charge in [-0.15, -0.1) is 0 Å². The van der Waals surface area contributed by atoms with Crippen molar-refractivity contribution >= 4 is 17.5 Å². The van der Waals surface area contributed by atoms with Crippen molar-refractivity contribution in [3.63, 3.8) is 0 Å². The number of anilines is 1. The summed E-state index contributed by atoms with van der Waals surface area (Å²) in [5.41, 5.74) is 3.08. The Morgan fingerprint density at radius 3 is 2.76 bits per heavy atom. The van der Waals surface area contributed by atoms with Crippen molar-refractivity contribution in [1.29, 1.82) is 0 Å². The Morgan fingerprint density at radius 1 is 1.24 bits per heavy atom.